The standard InChI is InChI=1S/C12H16N2OS.C3H8.C2H2.CH3N/c1-9(8-16)11-4-2-10(3-5-11)7-14-12(15)6-13;1-3-2;2*1-2/h2-5,8,16H,6-7,13H2,1H3,(H,14,15);3H2,1-2H3;1-2H;2H,1H2/b9-8+;;;. The predicted molar refractivity (Wildman–Crippen MR) is 106 cm³/mol. The van der Waals surface area contributed by atoms with Crippen LogP contribution in [0.1, 0.15) is 38.3 Å². The summed E-state index contributed by atoms with van der Waals surface area (Å²) in [5, 5.41) is 9.99. The Kier molecular flexibility index (Phi) is 22.5. The average molecular weight is 336 g/mol. The summed E-state index contributed by atoms with van der Waals surface area (Å²) in [6, 6.07) is 7.97. The summed E-state index contributed by atoms with van der Waals surface area (Å²) >= 11 is 4.10. The normalized spacial score (nSPS) is 8.91. The summed E-state index contributed by atoms with van der Waals surface area (Å²) in [6.45, 7) is 9.29. The van der Waals surface area contributed by atoms with E-state index in [-0.39, 0.29) is 12.5 Å². The zero-order valence-electron chi connectivity index (χ0n) is 14.3. The van der Waals surface area contributed by atoms with Crippen LogP contribution in [0.3, 0.4) is 0 Å². The zero-order valence-corrected chi connectivity index (χ0v) is 15.2. The minimum atomic E-state index is -0.143. The van der Waals surface area contributed by atoms with Crippen molar-refractivity contribution in [1.29, 1.82) is 5.41 Å². The third-order valence-electron chi connectivity index (χ3n) is 2.28. The summed E-state index contributed by atoms with van der Waals surface area (Å²) in [5.74, 6) is -0.143. The van der Waals surface area contributed by atoms with Gasteiger partial charge in [0, 0.05) is 6.54 Å². The molecule has 0 aromatic heterocycles. The van der Waals surface area contributed by atoms with Crippen LogP contribution in [0.25, 0.3) is 5.57 Å². The molecule has 0 aliphatic heterocycles. The Morgan fingerprint density at radius 1 is 1.30 bits per heavy atom. The highest BCUT2D eigenvalue weighted by Gasteiger charge is 1.99. The molecule has 0 radical (unpaired) electrons. The number of carbonyl (C=O) groups excluding carboxylic acids is 1. The van der Waals surface area contributed by atoms with E-state index in [2.05, 4.69) is 51.4 Å². The maximum absolute atomic E-state index is 11.0. The summed E-state index contributed by atoms with van der Waals surface area (Å²) in [6.07, 6.45) is 9.25. The van der Waals surface area contributed by atoms with Gasteiger partial charge in [-0.25, -0.2) is 0 Å². The van der Waals surface area contributed by atoms with Crippen LogP contribution in [-0.2, 0) is 11.3 Å². The fraction of sp³-hybridized carbons (Fsp3) is 0.333. The van der Waals surface area contributed by atoms with Gasteiger partial charge in [0.05, 0.1) is 6.54 Å². The quantitative estimate of drug-likeness (QED) is 0.386. The summed E-state index contributed by atoms with van der Waals surface area (Å²) < 4.78 is 0. The van der Waals surface area contributed by atoms with Gasteiger partial charge in [0.25, 0.3) is 0 Å². The van der Waals surface area contributed by atoms with Crippen LogP contribution in [0.4, 0.5) is 0 Å². The van der Waals surface area contributed by atoms with Gasteiger partial charge in [-0.05, 0) is 35.7 Å². The van der Waals surface area contributed by atoms with Gasteiger partial charge in [-0.1, -0.05) is 44.5 Å². The van der Waals surface area contributed by atoms with Gasteiger partial charge >= 0.3 is 0 Å². The largest absolute Gasteiger partial charge is 0.351 e. The summed E-state index contributed by atoms with van der Waals surface area (Å²) in [4.78, 5) is 11.0. The second kappa shape index (κ2) is 20.0. The summed E-state index contributed by atoms with van der Waals surface area (Å²) in [7, 11) is 0. The van der Waals surface area contributed by atoms with Crippen molar-refractivity contribution < 1.29 is 4.79 Å². The molecule has 1 aromatic carbocycles. The Labute approximate surface area is 146 Å². The van der Waals surface area contributed by atoms with E-state index in [0.717, 1.165) is 16.7 Å². The van der Waals surface area contributed by atoms with E-state index in [1.165, 1.54) is 6.42 Å². The fourth-order valence-electron chi connectivity index (χ4n) is 1.23. The molecule has 0 aliphatic carbocycles. The maximum atomic E-state index is 11.0. The lowest BCUT2D eigenvalue weighted by molar-refractivity contribution is -0.119. The van der Waals surface area contributed by atoms with Gasteiger partial charge in [-0.3, -0.25) is 4.79 Å². The van der Waals surface area contributed by atoms with E-state index in [1.54, 1.807) is 5.41 Å². The fourth-order valence-corrected chi connectivity index (χ4v) is 1.38. The first-order valence-electron chi connectivity index (χ1n) is 7.14. The van der Waals surface area contributed by atoms with E-state index in [4.69, 9.17) is 11.1 Å². The predicted octanol–water partition coefficient (Wildman–Crippen LogP) is 3.48. The van der Waals surface area contributed by atoms with E-state index < -0.39 is 0 Å². The molecule has 1 rings (SSSR count). The van der Waals surface area contributed by atoms with Crippen molar-refractivity contribution in [3.05, 3.63) is 40.8 Å². The van der Waals surface area contributed by atoms with E-state index >= 15 is 0 Å². The highest BCUT2D eigenvalue weighted by Crippen LogP contribution is 2.15. The molecule has 5 heteroatoms. The van der Waals surface area contributed by atoms with Gasteiger partial charge in [0.15, 0.2) is 0 Å². The number of carbonyl (C=O) groups is 1. The van der Waals surface area contributed by atoms with Crippen molar-refractivity contribution >= 4 is 30.8 Å². The van der Waals surface area contributed by atoms with Crippen LogP contribution < -0.4 is 11.1 Å². The van der Waals surface area contributed by atoms with Gasteiger partial charge in [0.2, 0.25) is 5.91 Å². The van der Waals surface area contributed by atoms with Gasteiger partial charge < -0.3 is 16.5 Å². The average Bonchev–Trinajstić information content (AvgIpc) is 2.63. The lowest BCUT2D eigenvalue weighted by Crippen LogP contribution is -2.29. The molecule has 0 bridgehead atoms. The lowest BCUT2D eigenvalue weighted by Gasteiger charge is -2.05. The third-order valence-corrected chi connectivity index (χ3v) is 2.67. The number of terminal acetylenes is 1. The smallest absolute Gasteiger partial charge is 0.234 e. The molecule has 4 nitrogen and oxygen atoms in total. The molecule has 0 heterocycles. The van der Waals surface area contributed by atoms with Crippen LogP contribution in [0.15, 0.2) is 29.7 Å². The number of amides is 1. The van der Waals surface area contributed by atoms with E-state index in [9.17, 15) is 4.79 Å². The Morgan fingerprint density at radius 3 is 2.09 bits per heavy atom. The molecule has 23 heavy (non-hydrogen) atoms. The van der Waals surface area contributed by atoms with Crippen molar-refractivity contribution in [3.8, 4) is 12.8 Å². The van der Waals surface area contributed by atoms with E-state index in [1.807, 2.05) is 31.2 Å². The molecule has 0 atom stereocenters. The highest BCUT2D eigenvalue weighted by molar-refractivity contribution is 7.83. The number of rotatable bonds is 4. The molecule has 0 aliphatic rings. The molecule has 128 valence electrons. The molecule has 0 spiro atoms. The first kappa shape index (κ1) is 25.9. The van der Waals surface area contributed by atoms with Crippen molar-refractivity contribution in [2.45, 2.75) is 33.7 Å². The second-order valence-electron chi connectivity index (χ2n) is 4.20. The van der Waals surface area contributed by atoms with Crippen LogP contribution >= 0.6 is 12.6 Å². The van der Waals surface area contributed by atoms with Gasteiger partial charge in [-0.2, -0.15) is 12.6 Å². The molecular formula is C18H29N3OS. The third kappa shape index (κ3) is 14.7. The van der Waals surface area contributed by atoms with Crippen molar-refractivity contribution in [1.82, 2.24) is 5.32 Å². The highest BCUT2D eigenvalue weighted by atomic mass is 32.1. The van der Waals surface area contributed by atoms with Crippen LogP contribution in [0, 0.1) is 18.3 Å². The SMILES string of the molecule is C#C.C/C(=C\S)c1ccc(CNC(=O)CN)cc1.C=N.CCC. The number of nitrogens with two attached hydrogens (primary N) is 1. The van der Waals surface area contributed by atoms with Crippen molar-refractivity contribution in [2.75, 3.05) is 6.54 Å². The molecular weight excluding hydrogens is 306 g/mol. The number of hydrogen-bond donors (Lipinski definition) is 4. The molecule has 0 saturated heterocycles. The monoisotopic (exact) mass is 335 g/mol. The molecule has 0 unspecified atom stereocenters. The Morgan fingerprint density at radius 2 is 1.74 bits per heavy atom. The summed E-state index contributed by atoms with van der Waals surface area (Å²) in [5.41, 5.74) is 8.48. The molecule has 0 saturated carbocycles. The molecule has 4 N–H and O–H groups in total. The minimum absolute atomic E-state index is 0.0274. The Bertz CT molecular complexity index is 453. The molecule has 1 aromatic rings. The topological polar surface area (TPSA) is 79.0 Å². The lowest BCUT2D eigenvalue weighted by atomic mass is 10.1. The number of thiol groups is 1. The zero-order chi connectivity index (χ0) is 18.7. The number of benzene rings is 1. The second-order valence-corrected chi connectivity index (χ2v) is 4.46. The minimum Gasteiger partial charge on any atom is -0.351 e. The van der Waals surface area contributed by atoms with E-state index in [0.29, 0.717) is 6.54 Å². The molecule has 0 fully saturated rings. The van der Waals surface area contributed by atoms with Gasteiger partial charge in [0.1, 0.15) is 0 Å². The first-order chi connectivity index (χ1) is 11.1. The van der Waals surface area contributed by atoms with Crippen molar-refractivity contribution in [3.63, 3.8) is 0 Å². The molecule has 1 amide bonds. The number of nitrogens with one attached hydrogen (secondary N) is 2. The Hall–Kier alpha value is -2.03. The van der Waals surface area contributed by atoms with Crippen LogP contribution in [0.2, 0.25) is 0 Å². The Balaban J connectivity index is -0.000000496. The van der Waals surface area contributed by atoms with Crippen molar-refractivity contribution in [2.24, 2.45) is 5.73 Å². The van der Waals surface area contributed by atoms with Crippen LogP contribution in [0.5, 0.6) is 0 Å². The van der Waals surface area contributed by atoms with Crippen LogP contribution in [-0.4, -0.2) is 19.2 Å². The first-order valence-corrected chi connectivity index (χ1v) is 7.66. The maximum Gasteiger partial charge on any atom is 0.234 e. The number of hydrogen-bond acceptors (Lipinski definition) is 4. The number of allylic oxidation sites excluding steroid dienone is 1. The van der Waals surface area contributed by atoms with Gasteiger partial charge in [-0.15, -0.1) is 12.8 Å².